The van der Waals surface area contributed by atoms with Gasteiger partial charge in [0.15, 0.2) is 11.6 Å². The smallest absolute Gasteiger partial charge is 0.326 e. The molecule has 4 rings (SSSR count). The summed E-state index contributed by atoms with van der Waals surface area (Å²) in [5, 5.41) is 17.9. The van der Waals surface area contributed by atoms with Crippen LogP contribution in [-0.4, -0.2) is 34.0 Å². The average Bonchev–Trinajstić information content (AvgIpc) is 3.26. The van der Waals surface area contributed by atoms with Gasteiger partial charge in [0.2, 0.25) is 0 Å². The van der Waals surface area contributed by atoms with Crippen molar-refractivity contribution in [2.75, 3.05) is 10.6 Å². The number of rotatable bonds is 7. The number of para-hydroxylation sites is 2. The maximum Gasteiger partial charge on any atom is 0.326 e. The van der Waals surface area contributed by atoms with Gasteiger partial charge in [-0.15, -0.1) is 0 Å². The van der Waals surface area contributed by atoms with Crippen molar-refractivity contribution in [1.29, 1.82) is 0 Å². The molecular formula is C26H21ClF2N4O4. The maximum atomic E-state index is 14.1. The molecule has 3 amide bonds. The van der Waals surface area contributed by atoms with Crippen LogP contribution >= 0.6 is 11.6 Å². The molecular weight excluding hydrogens is 506 g/mol. The van der Waals surface area contributed by atoms with E-state index in [0.717, 1.165) is 10.9 Å². The number of aryl methyl sites for hydroxylation is 1. The molecule has 0 bridgehead atoms. The van der Waals surface area contributed by atoms with Crippen LogP contribution in [0.2, 0.25) is 5.02 Å². The first kappa shape index (κ1) is 25.6. The van der Waals surface area contributed by atoms with Gasteiger partial charge in [0.25, 0.3) is 5.91 Å². The van der Waals surface area contributed by atoms with Crippen LogP contribution in [0.25, 0.3) is 10.9 Å². The second-order valence-electron chi connectivity index (χ2n) is 8.25. The summed E-state index contributed by atoms with van der Waals surface area (Å²) in [5.74, 6) is -5.01. The number of urea groups is 1. The van der Waals surface area contributed by atoms with E-state index in [1.54, 1.807) is 43.5 Å². The molecule has 0 aliphatic heterocycles. The lowest BCUT2D eigenvalue weighted by Gasteiger charge is -2.17. The molecule has 4 aromatic rings. The molecule has 5 N–H and O–H groups in total. The number of benzene rings is 3. The largest absolute Gasteiger partial charge is 0.480 e. The fraction of sp³-hybridized carbons (Fsp3) is 0.115. The van der Waals surface area contributed by atoms with Crippen molar-refractivity contribution in [1.82, 2.24) is 10.3 Å². The lowest BCUT2D eigenvalue weighted by atomic mass is 10.0. The summed E-state index contributed by atoms with van der Waals surface area (Å²) in [6.07, 6.45) is 1.56. The number of hydrogen-bond acceptors (Lipinski definition) is 3. The Kier molecular flexibility index (Phi) is 7.40. The second kappa shape index (κ2) is 10.7. The first-order chi connectivity index (χ1) is 17.6. The molecule has 3 aromatic carbocycles. The molecule has 0 radical (unpaired) electrons. The Hall–Kier alpha value is -4.44. The van der Waals surface area contributed by atoms with Crippen LogP contribution in [-0.2, 0) is 11.2 Å². The van der Waals surface area contributed by atoms with Gasteiger partial charge in [0.05, 0.1) is 22.0 Å². The number of carbonyl (C=O) groups excluding carboxylic acids is 2. The van der Waals surface area contributed by atoms with E-state index in [2.05, 4.69) is 20.9 Å². The van der Waals surface area contributed by atoms with Crippen LogP contribution in [0.15, 0.2) is 60.8 Å². The van der Waals surface area contributed by atoms with Crippen LogP contribution in [0.4, 0.5) is 25.0 Å². The summed E-state index contributed by atoms with van der Waals surface area (Å²) in [4.78, 5) is 40.6. The van der Waals surface area contributed by atoms with Gasteiger partial charge in [-0.1, -0.05) is 41.9 Å². The SMILES string of the molecule is Cc1cccc(Cl)c1NC(=O)Nc1cc(F)c(F)cc1C(=O)N[C@@H](Cc1c[nH]c2ccccc12)C(=O)O. The Morgan fingerprint density at radius 1 is 1.03 bits per heavy atom. The first-order valence-corrected chi connectivity index (χ1v) is 11.4. The number of halogens is 3. The van der Waals surface area contributed by atoms with Crippen LogP contribution < -0.4 is 16.0 Å². The number of nitrogens with one attached hydrogen (secondary N) is 4. The van der Waals surface area contributed by atoms with Crippen molar-refractivity contribution < 1.29 is 28.3 Å². The van der Waals surface area contributed by atoms with E-state index in [0.29, 0.717) is 28.9 Å². The third-order valence-corrected chi connectivity index (χ3v) is 6.03. The number of amides is 3. The van der Waals surface area contributed by atoms with Crippen LogP contribution in [0.5, 0.6) is 0 Å². The highest BCUT2D eigenvalue weighted by atomic mass is 35.5. The summed E-state index contributed by atoms with van der Waals surface area (Å²) in [6, 6.07) is 11.1. The van der Waals surface area contributed by atoms with E-state index in [1.165, 1.54) is 0 Å². The molecule has 0 unspecified atom stereocenters. The number of aromatic amines is 1. The number of carboxylic acid groups (broad SMARTS) is 1. The van der Waals surface area contributed by atoms with Crippen molar-refractivity contribution in [2.24, 2.45) is 0 Å². The van der Waals surface area contributed by atoms with Gasteiger partial charge < -0.3 is 26.0 Å². The number of fused-ring (bicyclic) bond motifs is 1. The van der Waals surface area contributed by atoms with Crippen LogP contribution in [0, 0.1) is 18.6 Å². The number of aliphatic carboxylic acids is 1. The molecule has 0 fully saturated rings. The minimum Gasteiger partial charge on any atom is -0.480 e. The van der Waals surface area contributed by atoms with E-state index in [1.807, 2.05) is 12.1 Å². The summed E-state index contributed by atoms with van der Waals surface area (Å²) >= 11 is 6.11. The van der Waals surface area contributed by atoms with Crippen molar-refractivity contribution >= 4 is 51.8 Å². The fourth-order valence-electron chi connectivity index (χ4n) is 3.85. The molecule has 0 spiro atoms. The number of carbonyl (C=O) groups is 3. The van der Waals surface area contributed by atoms with Gasteiger partial charge in [0, 0.05) is 29.6 Å². The summed E-state index contributed by atoms with van der Waals surface area (Å²) in [7, 11) is 0. The average molecular weight is 527 g/mol. The molecule has 0 saturated heterocycles. The highest BCUT2D eigenvalue weighted by Gasteiger charge is 2.25. The maximum absolute atomic E-state index is 14.1. The number of hydrogen-bond donors (Lipinski definition) is 5. The van der Waals surface area contributed by atoms with Gasteiger partial charge >= 0.3 is 12.0 Å². The van der Waals surface area contributed by atoms with Gasteiger partial charge in [-0.3, -0.25) is 4.79 Å². The minimum absolute atomic E-state index is 0.0796. The lowest BCUT2D eigenvalue weighted by molar-refractivity contribution is -0.139. The van der Waals surface area contributed by atoms with Crippen molar-refractivity contribution in [3.8, 4) is 0 Å². The summed E-state index contributed by atoms with van der Waals surface area (Å²) < 4.78 is 28.1. The molecule has 0 aliphatic carbocycles. The highest BCUT2D eigenvalue weighted by molar-refractivity contribution is 6.34. The van der Waals surface area contributed by atoms with Gasteiger partial charge in [0.1, 0.15) is 6.04 Å². The molecule has 37 heavy (non-hydrogen) atoms. The minimum atomic E-state index is -1.40. The predicted octanol–water partition coefficient (Wildman–Crippen LogP) is 5.48. The normalized spacial score (nSPS) is 11.7. The Labute approximate surface area is 214 Å². The number of carboxylic acids is 1. The summed E-state index contributed by atoms with van der Waals surface area (Å²) in [6.45, 7) is 1.71. The molecule has 1 heterocycles. The third-order valence-electron chi connectivity index (χ3n) is 5.72. The Morgan fingerprint density at radius 2 is 1.76 bits per heavy atom. The third kappa shape index (κ3) is 5.70. The zero-order valence-electron chi connectivity index (χ0n) is 19.4. The van der Waals surface area contributed by atoms with E-state index >= 15 is 0 Å². The highest BCUT2D eigenvalue weighted by Crippen LogP contribution is 2.26. The molecule has 190 valence electrons. The standard InChI is InChI=1S/C26H21ClF2N4O4/c1-13-5-4-7-17(27)23(13)33-26(37)32-21-11-19(29)18(28)10-16(21)24(34)31-22(25(35)36)9-14-12-30-20-8-3-2-6-15(14)20/h2-8,10-12,22,30H,9H2,1H3,(H,31,34)(H,35,36)(H2,32,33,37)/t22-/m0/s1. The number of aromatic nitrogens is 1. The molecule has 0 aliphatic rings. The monoisotopic (exact) mass is 526 g/mol. The Balaban J connectivity index is 1.57. The number of anilines is 2. The second-order valence-corrected chi connectivity index (χ2v) is 8.66. The molecule has 1 atom stereocenters. The molecule has 11 heteroatoms. The zero-order valence-corrected chi connectivity index (χ0v) is 20.1. The predicted molar refractivity (Wildman–Crippen MR) is 136 cm³/mol. The van der Waals surface area contributed by atoms with Gasteiger partial charge in [-0.2, -0.15) is 0 Å². The Bertz CT molecular complexity index is 1500. The van der Waals surface area contributed by atoms with E-state index in [4.69, 9.17) is 11.6 Å². The van der Waals surface area contributed by atoms with E-state index < -0.39 is 41.1 Å². The number of H-pyrrole nitrogens is 1. The van der Waals surface area contributed by atoms with Crippen molar-refractivity contribution in [3.05, 3.63) is 94.1 Å². The van der Waals surface area contributed by atoms with Gasteiger partial charge in [-0.05, 0) is 36.2 Å². The van der Waals surface area contributed by atoms with Crippen LogP contribution in [0.1, 0.15) is 21.5 Å². The molecule has 0 saturated carbocycles. The van der Waals surface area contributed by atoms with Crippen molar-refractivity contribution in [2.45, 2.75) is 19.4 Å². The quantitative estimate of drug-likeness (QED) is 0.219. The van der Waals surface area contributed by atoms with E-state index in [-0.39, 0.29) is 17.1 Å². The lowest BCUT2D eigenvalue weighted by Crippen LogP contribution is -2.42. The topological polar surface area (TPSA) is 123 Å². The van der Waals surface area contributed by atoms with Crippen molar-refractivity contribution in [3.63, 3.8) is 0 Å². The Morgan fingerprint density at radius 3 is 2.49 bits per heavy atom. The molecule has 8 nitrogen and oxygen atoms in total. The van der Waals surface area contributed by atoms with Crippen LogP contribution in [0.3, 0.4) is 0 Å². The zero-order chi connectivity index (χ0) is 26.7. The van der Waals surface area contributed by atoms with E-state index in [9.17, 15) is 28.3 Å². The first-order valence-electron chi connectivity index (χ1n) is 11.0. The molecule has 1 aromatic heterocycles. The summed E-state index contributed by atoms with van der Waals surface area (Å²) in [5.41, 5.74) is 1.54. The fourth-order valence-corrected chi connectivity index (χ4v) is 4.12. The van der Waals surface area contributed by atoms with Gasteiger partial charge in [-0.25, -0.2) is 18.4 Å².